The zero-order chi connectivity index (χ0) is 13.1. The number of ether oxygens (including phenoxy) is 1. The minimum atomic E-state index is -0.742. The van der Waals surface area contributed by atoms with E-state index in [-0.39, 0.29) is 29.8 Å². The average molecular weight is 249 g/mol. The Hall–Kier alpha value is -2.03. The number of carbonyl (C=O) groups is 2. The molecule has 0 saturated carbocycles. The lowest BCUT2D eigenvalue weighted by molar-refractivity contribution is -0.139. The fraction of sp³-hybridized carbons (Fsp3) is 0.583. The summed E-state index contributed by atoms with van der Waals surface area (Å²) in [5.41, 5.74) is -0.152. The SMILES string of the molecule is CCOC(=O)/C(C#N)=C1/NC[C@@H]2CCCN2C1=O. The minimum Gasteiger partial charge on any atom is -0.462 e. The molecule has 18 heavy (non-hydrogen) atoms. The van der Waals surface area contributed by atoms with Gasteiger partial charge in [-0.1, -0.05) is 0 Å². The van der Waals surface area contributed by atoms with E-state index in [0.29, 0.717) is 13.1 Å². The van der Waals surface area contributed by atoms with Gasteiger partial charge in [0.15, 0.2) is 5.57 Å². The predicted octanol–water partition coefficient (Wildman–Crippen LogP) is -0.0786. The minimum absolute atomic E-state index is 0.0779. The summed E-state index contributed by atoms with van der Waals surface area (Å²) in [4.78, 5) is 25.5. The Bertz CT molecular complexity index is 450. The maximum atomic E-state index is 12.2. The molecule has 1 atom stereocenters. The van der Waals surface area contributed by atoms with Crippen LogP contribution >= 0.6 is 0 Å². The predicted molar refractivity (Wildman–Crippen MR) is 62.0 cm³/mol. The Kier molecular flexibility index (Phi) is 3.51. The number of nitrogens with one attached hydrogen (secondary N) is 1. The molecule has 1 N–H and O–H groups in total. The first-order valence-electron chi connectivity index (χ1n) is 6.05. The van der Waals surface area contributed by atoms with Crippen molar-refractivity contribution in [2.45, 2.75) is 25.8 Å². The van der Waals surface area contributed by atoms with Gasteiger partial charge in [0, 0.05) is 19.1 Å². The molecular weight excluding hydrogens is 234 g/mol. The lowest BCUT2D eigenvalue weighted by Gasteiger charge is -2.32. The highest BCUT2D eigenvalue weighted by molar-refractivity contribution is 6.05. The van der Waals surface area contributed by atoms with Gasteiger partial charge in [-0.3, -0.25) is 4.79 Å². The lowest BCUT2D eigenvalue weighted by Crippen LogP contribution is -2.51. The van der Waals surface area contributed by atoms with E-state index < -0.39 is 5.97 Å². The van der Waals surface area contributed by atoms with Crippen molar-refractivity contribution >= 4 is 11.9 Å². The molecule has 0 radical (unpaired) electrons. The topological polar surface area (TPSA) is 82.4 Å². The van der Waals surface area contributed by atoms with Crippen LogP contribution in [0, 0.1) is 11.3 Å². The molecular formula is C12H15N3O3. The van der Waals surface area contributed by atoms with Crippen LogP contribution in [0.15, 0.2) is 11.3 Å². The first-order valence-corrected chi connectivity index (χ1v) is 6.05. The summed E-state index contributed by atoms with van der Waals surface area (Å²) in [5, 5.41) is 11.9. The van der Waals surface area contributed by atoms with Crippen LogP contribution in [0.4, 0.5) is 0 Å². The number of esters is 1. The first-order chi connectivity index (χ1) is 8.69. The molecule has 0 unspecified atom stereocenters. The average Bonchev–Trinajstić information content (AvgIpc) is 2.82. The number of carbonyl (C=O) groups excluding carboxylic acids is 2. The van der Waals surface area contributed by atoms with Gasteiger partial charge in [-0.25, -0.2) is 4.79 Å². The highest BCUT2D eigenvalue weighted by Crippen LogP contribution is 2.23. The van der Waals surface area contributed by atoms with Crippen LogP contribution in [-0.2, 0) is 14.3 Å². The number of nitrogens with zero attached hydrogens (tertiary/aromatic N) is 2. The van der Waals surface area contributed by atoms with Gasteiger partial charge in [-0.05, 0) is 19.8 Å². The highest BCUT2D eigenvalue weighted by atomic mass is 16.5. The zero-order valence-corrected chi connectivity index (χ0v) is 10.2. The van der Waals surface area contributed by atoms with E-state index in [1.54, 1.807) is 17.9 Å². The molecule has 2 heterocycles. The van der Waals surface area contributed by atoms with E-state index in [0.717, 1.165) is 12.8 Å². The number of piperazine rings is 1. The molecule has 6 nitrogen and oxygen atoms in total. The summed E-state index contributed by atoms with van der Waals surface area (Å²) in [7, 11) is 0. The summed E-state index contributed by atoms with van der Waals surface area (Å²) < 4.78 is 4.78. The maximum absolute atomic E-state index is 12.2. The normalized spacial score (nSPS) is 25.0. The fourth-order valence-electron chi connectivity index (χ4n) is 2.36. The molecule has 0 aromatic carbocycles. The summed E-state index contributed by atoms with van der Waals surface area (Å²) in [5.74, 6) is -1.01. The van der Waals surface area contributed by atoms with Gasteiger partial charge in [0.05, 0.1) is 6.61 Å². The Morgan fingerprint density at radius 3 is 3.11 bits per heavy atom. The molecule has 2 fully saturated rings. The van der Waals surface area contributed by atoms with Crippen molar-refractivity contribution in [2.24, 2.45) is 0 Å². The smallest absolute Gasteiger partial charge is 0.351 e. The monoisotopic (exact) mass is 249 g/mol. The van der Waals surface area contributed by atoms with Crippen LogP contribution in [0.5, 0.6) is 0 Å². The Balaban J connectivity index is 2.28. The van der Waals surface area contributed by atoms with E-state index in [1.807, 2.05) is 0 Å². The second-order valence-electron chi connectivity index (χ2n) is 4.26. The largest absolute Gasteiger partial charge is 0.462 e. The zero-order valence-electron chi connectivity index (χ0n) is 10.2. The summed E-state index contributed by atoms with van der Waals surface area (Å²) in [6, 6.07) is 1.95. The molecule has 0 aromatic rings. The van der Waals surface area contributed by atoms with Crippen LogP contribution in [0.2, 0.25) is 0 Å². The van der Waals surface area contributed by atoms with Gasteiger partial charge >= 0.3 is 5.97 Å². The van der Waals surface area contributed by atoms with Crippen LogP contribution in [0.25, 0.3) is 0 Å². The van der Waals surface area contributed by atoms with E-state index in [2.05, 4.69) is 5.32 Å². The number of hydrogen-bond donors (Lipinski definition) is 1. The molecule has 0 spiro atoms. The molecule has 0 bridgehead atoms. The van der Waals surface area contributed by atoms with Crippen LogP contribution < -0.4 is 5.32 Å². The summed E-state index contributed by atoms with van der Waals surface area (Å²) >= 11 is 0. The summed E-state index contributed by atoms with van der Waals surface area (Å²) in [6.45, 7) is 3.11. The van der Waals surface area contributed by atoms with Crippen molar-refractivity contribution in [3.63, 3.8) is 0 Å². The molecule has 0 aliphatic carbocycles. The van der Waals surface area contributed by atoms with Crippen molar-refractivity contribution in [3.05, 3.63) is 11.3 Å². The lowest BCUT2D eigenvalue weighted by atomic mass is 10.1. The molecule has 2 aliphatic rings. The molecule has 0 aromatic heterocycles. The van der Waals surface area contributed by atoms with Crippen LogP contribution in [-0.4, -0.2) is 42.5 Å². The van der Waals surface area contributed by atoms with Crippen molar-refractivity contribution < 1.29 is 14.3 Å². The van der Waals surface area contributed by atoms with Crippen molar-refractivity contribution in [3.8, 4) is 6.07 Å². The van der Waals surface area contributed by atoms with Crippen molar-refractivity contribution in [2.75, 3.05) is 19.7 Å². The second kappa shape index (κ2) is 5.08. The third-order valence-electron chi connectivity index (χ3n) is 3.21. The number of amides is 1. The first kappa shape index (κ1) is 12.4. The Labute approximate surface area is 105 Å². The van der Waals surface area contributed by atoms with Gasteiger partial charge in [0.1, 0.15) is 11.8 Å². The van der Waals surface area contributed by atoms with Crippen LogP contribution in [0.3, 0.4) is 0 Å². The highest BCUT2D eigenvalue weighted by Gasteiger charge is 2.37. The van der Waals surface area contributed by atoms with Crippen LogP contribution in [0.1, 0.15) is 19.8 Å². The molecule has 96 valence electrons. The number of fused-ring (bicyclic) bond motifs is 1. The van der Waals surface area contributed by atoms with Gasteiger partial charge in [-0.2, -0.15) is 5.26 Å². The maximum Gasteiger partial charge on any atom is 0.351 e. The number of rotatable bonds is 2. The number of nitriles is 1. The fourth-order valence-corrected chi connectivity index (χ4v) is 2.36. The molecule has 6 heteroatoms. The Morgan fingerprint density at radius 2 is 2.44 bits per heavy atom. The van der Waals surface area contributed by atoms with Crippen molar-refractivity contribution in [1.29, 1.82) is 5.26 Å². The van der Waals surface area contributed by atoms with Gasteiger partial charge < -0.3 is 15.0 Å². The van der Waals surface area contributed by atoms with E-state index in [9.17, 15) is 9.59 Å². The molecule has 2 aliphatic heterocycles. The third kappa shape index (κ3) is 2.04. The second-order valence-corrected chi connectivity index (χ2v) is 4.26. The number of hydrogen-bond acceptors (Lipinski definition) is 5. The quantitative estimate of drug-likeness (QED) is 0.420. The van der Waals surface area contributed by atoms with Gasteiger partial charge in [0.25, 0.3) is 5.91 Å². The molecule has 2 rings (SSSR count). The van der Waals surface area contributed by atoms with E-state index >= 15 is 0 Å². The third-order valence-corrected chi connectivity index (χ3v) is 3.21. The van der Waals surface area contributed by atoms with Gasteiger partial charge in [0.2, 0.25) is 0 Å². The van der Waals surface area contributed by atoms with E-state index in [1.165, 1.54) is 0 Å². The summed E-state index contributed by atoms with van der Waals surface area (Å²) in [6.07, 6.45) is 1.93. The van der Waals surface area contributed by atoms with Crippen molar-refractivity contribution in [1.82, 2.24) is 10.2 Å². The van der Waals surface area contributed by atoms with Gasteiger partial charge in [-0.15, -0.1) is 0 Å². The van der Waals surface area contributed by atoms with E-state index in [4.69, 9.17) is 10.00 Å². The molecule has 2 saturated heterocycles. The standard InChI is InChI=1S/C12H15N3O3/c1-2-18-12(17)9(6-13)10-11(16)15-5-3-4-8(15)7-14-10/h8,14H,2-5,7H2,1H3/b10-9+/t8-/m0/s1. The Morgan fingerprint density at radius 1 is 1.67 bits per heavy atom. The molecule has 1 amide bonds.